The van der Waals surface area contributed by atoms with Crippen LogP contribution in [-0.2, 0) is 6.42 Å². The topological polar surface area (TPSA) is 35.2 Å². The maximum Gasteiger partial charge on any atom is 0.123 e. The first-order chi connectivity index (χ1) is 9.31. The molecule has 2 N–H and O–H groups in total. The van der Waals surface area contributed by atoms with Gasteiger partial charge < -0.3 is 10.5 Å². The lowest BCUT2D eigenvalue weighted by molar-refractivity contribution is 0.400. The Morgan fingerprint density at radius 3 is 2.68 bits per heavy atom. The van der Waals surface area contributed by atoms with Gasteiger partial charge in [-0.2, -0.15) is 0 Å². The quantitative estimate of drug-likeness (QED) is 0.909. The van der Waals surface area contributed by atoms with Crippen molar-refractivity contribution in [2.45, 2.75) is 24.8 Å². The summed E-state index contributed by atoms with van der Waals surface area (Å²) in [4.78, 5) is 0. The number of nitrogens with two attached hydrogens (primary N) is 1. The van der Waals surface area contributed by atoms with Gasteiger partial charge in [-0.05, 0) is 30.0 Å². The minimum absolute atomic E-state index is 0.000185. The van der Waals surface area contributed by atoms with Crippen molar-refractivity contribution in [1.82, 2.24) is 0 Å². The molecular formula is C17H19NO. The highest BCUT2D eigenvalue weighted by Crippen LogP contribution is 2.42. The van der Waals surface area contributed by atoms with Crippen LogP contribution in [0.25, 0.3) is 0 Å². The molecule has 1 aliphatic carbocycles. The van der Waals surface area contributed by atoms with Gasteiger partial charge in [0.15, 0.2) is 0 Å². The van der Waals surface area contributed by atoms with E-state index in [2.05, 4.69) is 30.3 Å². The van der Waals surface area contributed by atoms with Gasteiger partial charge in [-0.25, -0.2) is 0 Å². The molecule has 2 aromatic carbocycles. The zero-order chi connectivity index (χ0) is 13.2. The van der Waals surface area contributed by atoms with Crippen LogP contribution in [0.5, 0.6) is 5.75 Å². The van der Waals surface area contributed by atoms with Crippen LogP contribution in [0.4, 0.5) is 0 Å². The van der Waals surface area contributed by atoms with Crippen LogP contribution in [-0.4, -0.2) is 7.11 Å². The van der Waals surface area contributed by atoms with Crippen molar-refractivity contribution in [2.75, 3.05) is 7.11 Å². The molecule has 0 saturated heterocycles. The molecule has 2 unspecified atom stereocenters. The lowest BCUT2D eigenvalue weighted by Crippen LogP contribution is -2.19. The smallest absolute Gasteiger partial charge is 0.123 e. The lowest BCUT2D eigenvalue weighted by Gasteiger charge is -2.22. The zero-order valence-corrected chi connectivity index (χ0v) is 11.2. The second-order valence-electron chi connectivity index (χ2n) is 5.11. The van der Waals surface area contributed by atoms with Crippen LogP contribution in [0.3, 0.4) is 0 Å². The van der Waals surface area contributed by atoms with Crippen molar-refractivity contribution in [3.8, 4) is 5.75 Å². The van der Waals surface area contributed by atoms with E-state index in [0.29, 0.717) is 5.92 Å². The summed E-state index contributed by atoms with van der Waals surface area (Å²) in [7, 11) is 1.70. The molecule has 2 aromatic rings. The van der Waals surface area contributed by atoms with Crippen molar-refractivity contribution in [3.63, 3.8) is 0 Å². The van der Waals surface area contributed by atoms with Crippen LogP contribution in [0.1, 0.15) is 35.1 Å². The average Bonchev–Trinajstić information content (AvgIpc) is 2.90. The third kappa shape index (κ3) is 2.13. The molecule has 0 bridgehead atoms. The largest absolute Gasteiger partial charge is 0.496 e. The van der Waals surface area contributed by atoms with E-state index >= 15 is 0 Å². The SMILES string of the molecule is COc1ccccc1C(N)C1CCc2ccccc21. The van der Waals surface area contributed by atoms with Gasteiger partial charge in [-0.3, -0.25) is 0 Å². The van der Waals surface area contributed by atoms with Crippen molar-refractivity contribution < 1.29 is 4.74 Å². The highest BCUT2D eigenvalue weighted by Gasteiger charge is 2.29. The van der Waals surface area contributed by atoms with E-state index in [1.807, 2.05) is 18.2 Å². The van der Waals surface area contributed by atoms with Crippen molar-refractivity contribution in [2.24, 2.45) is 5.73 Å². The highest BCUT2D eigenvalue weighted by atomic mass is 16.5. The summed E-state index contributed by atoms with van der Waals surface area (Å²) in [5, 5.41) is 0. The molecule has 2 heteroatoms. The Labute approximate surface area is 114 Å². The average molecular weight is 253 g/mol. The summed E-state index contributed by atoms with van der Waals surface area (Å²) in [5.74, 6) is 1.28. The number of rotatable bonds is 3. The van der Waals surface area contributed by atoms with Gasteiger partial charge in [0, 0.05) is 17.5 Å². The van der Waals surface area contributed by atoms with Gasteiger partial charge in [0.25, 0.3) is 0 Å². The molecule has 19 heavy (non-hydrogen) atoms. The highest BCUT2D eigenvalue weighted by molar-refractivity contribution is 5.42. The van der Waals surface area contributed by atoms with E-state index in [-0.39, 0.29) is 6.04 Å². The molecule has 98 valence electrons. The number of ether oxygens (including phenoxy) is 1. The number of fused-ring (bicyclic) bond motifs is 1. The molecule has 1 aliphatic rings. The summed E-state index contributed by atoms with van der Waals surface area (Å²) < 4.78 is 5.43. The molecule has 0 amide bonds. The standard InChI is InChI=1S/C17H19NO/c1-19-16-9-5-4-8-15(16)17(18)14-11-10-12-6-2-3-7-13(12)14/h2-9,14,17H,10-11,18H2,1H3. The molecule has 0 radical (unpaired) electrons. The third-order valence-electron chi connectivity index (χ3n) is 4.11. The fraction of sp³-hybridized carbons (Fsp3) is 0.294. The van der Waals surface area contributed by atoms with Crippen LogP contribution in [0.15, 0.2) is 48.5 Å². The summed E-state index contributed by atoms with van der Waals surface area (Å²) in [6.07, 6.45) is 2.25. The first kappa shape index (κ1) is 12.2. The molecule has 0 fully saturated rings. The molecule has 0 aromatic heterocycles. The number of aryl methyl sites for hydroxylation is 1. The van der Waals surface area contributed by atoms with Gasteiger partial charge in [0.05, 0.1) is 7.11 Å². The third-order valence-corrected chi connectivity index (χ3v) is 4.11. The molecule has 0 spiro atoms. The summed E-state index contributed by atoms with van der Waals surface area (Å²) in [6, 6.07) is 16.7. The number of hydrogen-bond donors (Lipinski definition) is 1. The first-order valence-electron chi connectivity index (χ1n) is 6.77. The number of para-hydroxylation sites is 1. The molecule has 2 atom stereocenters. The molecule has 2 nitrogen and oxygen atoms in total. The summed E-state index contributed by atoms with van der Waals surface area (Å²) >= 11 is 0. The minimum atomic E-state index is -0.000185. The van der Waals surface area contributed by atoms with E-state index < -0.39 is 0 Å². The van der Waals surface area contributed by atoms with Crippen LogP contribution in [0.2, 0.25) is 0 Å². The Kier molecular flexibility index (Phi) is 3.26. The van der Waals surface area contributed by atoms with E-state index in [4.69, 9.17) is 10.5 Å². The van der Waals surface area contributed by atoms with Crippen LogP contribution >= 0.6 is 0 Å². The molecule has 0 saturated carbocycles. The Morgan fingerprint density at radius 2 is 1.84 bits per heavy atom. The molecular weight excluding hydrogens is 234 g/mol. The number of benzene rings is 2. The Bertz CT molecular complexity index is 579. The molecule has 3 rings (SSSR count). The maximum atomic E-state index is 6.51. The second-order valence-corrected chi connectivity index (χ2v) is 5.11. The fourth-order valence-corrected chi connectivity index (χ4v) is 3.12. The number of hydrogen-bond acceptors (Lipinski definition) is 2. The Hall–Kier alpha value is -1.80. The number of methoxy groups -OCH3 is 1. The van der Waals surface area contributed by atoms with Crippen LogP contribution < -0.4 is 10.5 Å². The predicted molar refractivity (Wildman–Crippen MR) is 77.4 cm³/mol. The van der Waals surface area contributed by atoms with E-state index in [1.165, 1.54) is 11.1 Å². The van der Waals surface area contributed by atoms with Crippen molar-refractivity contribution in [1.29, 1.82) is 0 Å². The maximum absolute atomic E-state index is 6.51. The normalized spacial score (nSPS) is 18.9. The van der Waals surface area contributed by atoms with Gasteiger partial charge >= 0.3 is 0 Å². The van der Waals surface area contributed by atoms with E-state index in [9.17, 15) is 0 Å². The van der Waals surface area contributed by atoms with E-state index in [0.717, 1.165) is 24.2 Å². The van der Waals surface area contributed by atoms with Gasteiger partial charge in [0.2, 0.25) is 0 Å². The summed E-state index contributed by atoms with van der Waals surface area (Å²) in [5.41, 5.74) is 10.5. The zero-order valence-electron chi connectivity index (χ0n) is 11.2. The molecule has 0 heterocycles. The lowest BCUT2D eigenvalue weighted by atomic mass is 9.88. The second kappa shape index (κ2) is 5.06. The Morgan fingerprint density at radius 1 is 1.11 bits per heavy atom. The van der Waals surface area contributed by atoms with Gasteiger partial charge in [0.1, 0.15) is 5.75 Å². The van der Waals surface area contributed by atoms with Crippen LogP contribution in [0, 0.1) is 0 Å². The fourth-order valence-electron chi connectivity index (χ4n) is 3.12. The monoisotopic (exact) mass is 253 g/mol. The molecule has 0 aliphatic heterocycles. The predicted octanol–water partition coefficient (Wildman–Crippen LogP) is 3.43. The Balaban J connectivity index is 1.95. The van der Waals surface area contributed by atoms with Gasteiger partial charge in [-0.1, -0.05) is 42.5 Å². The van der Waals surface area contributed by atoms with Crippen molar-refractivity contribution >= 4 is 0 Å². The van der Waals surface area contributed by atoms with Gasteiger partial charge in [-0.15, -0.1) is 0 Å². The summed E-state index contributed by atoms with van der Waals surface area (Å²) in [6.45, 7) is 0. The first-order valence-corrected chi connectivity index (χ1v) is 6.77. The van der Waals surface area contributed by atoms with Crippen molar-refractivity contribution in [3.05, 3.63) is 65.2 Å². The van der Waals surface area contributed by atoms with E-state index in [1.54, 1.807) is 7.11 Å². The minimum Gasteiger partial charge on any atom is -0.496 e.